The van der Waals surface area contributed by atoms with Gasteiger partial charge in [0.1, 0.15) is 0 Å². The molecule has 1 aromatic heterocycles. The molecule has 0 radical (unpaired) electrons. The fraction of sp³-hybridized carbons (Fsp3) is 0.368. The molecule has 0 saturated carbocycles. The van der Waals surface area contributed by atoms with E-state index in [9.17, 15) is 14.4 Å². The van der Waals surface area contributed by atoms with E-state index in [2.05, 4.69) is 10.3 Å². The lowest BCUT2D eigenvalue weighted by Gasteiger charge is -2.14. The van der Waals surface area contributed by atoms with Crippen LogP contribution in [0.5, 0.6) is 0 Å². The second-order valence-corrected chi connectivity index (χ2v) is 6.51. The van der Waals surface area contributed by atoms with Crippen molar-refractivity contribution in [1.29, 1.82) is 0 Å². The normalized spacial score (nSPS) is 11.5. The maximum atomic E-state index is 12.3. The molecule has 2 aromatic rings. The second-order valence-electron chi connectivity index (χ2n) is 5.65. The Morgan fingerprint density at radius 1 is 1.15 bits per heavy atom. The third-order valence-corrected chi connectivity index (χ3v) is 4.48. The number of amides is 1. The first kappa shape index (κ1) is 20.6. The van der Waals surface area contributed by atoms with E-state index in [0.717, 1.165) is 5.56 Å². The summed E-state index contributed by atoms with van der Waals surface area (Å²) in [6.07, 6.45) is 0.624. The largest absolute Gasteiger partial charge is 0.466 e. The number of carbonyl (C=O) groups excluding carboxylic acids is 3. The highest BCUT2D eigenvalue weighted by atomic mass is 32.1. The molecule has 0 aliphatic heterocycles. The number of nitrogens with one attached hydrogen (secondary N) is 1. The van der Waals surface area contributed by atoms with Gasteiger partial charge in [0, 0.05) is 5.38 Å². The first-order valence-electron chi connectivity index (χ1n) is 8.64. The van der Waals surface area contributed by atoms with Crippen LogP contribution in [-0.2, 0) is 30.3 Å². The lowest BCUT2D eigenvalue weighted by molar-refractivity contribution is -0.149. The van der Waals surface area contributed by atoms with Crippen LogP contribution in [0.4, 0.5) is 5.13 Å². The second kappa shape index (κ2) is 10.4. The van der Waals surface area contributed by atoms with Crippen molar-refractivity contribution in [3.05, 3.63) is 47.0 Å². The van der Waals surface area contributed by atoms with E-state index in [1.165, 1.54) is 11.3 Å². The number of benzene rings is 1. The van der Waals surface area contributed by atoms with Gasteiger partial charge in [0.15, 0.2) is 11.7 Å². The standard InChI is InChI=1S/C19H22N2O5S/c1-3-15(13-8-6-5-7-9-13)18(24)26-11-16(22)21-19-20-14(12-27-19)10-17(23)25-4-2/h5-9,12,15H,3-4,10-11H2,1-2H3,(H,20,21,22)/t15-/m1/s1. The van der Waals surface area contributed by atoms with E-state index in [-0.39, 0.29) is 12.4 Å². The van der Waals surface area contributed by atoms with Gasteiger partial charge >= 0.3 is 11.9 Å². The van der Waals surface area contributed by atoms with Crippen molar-refractivity contribution in [2.45, 2.75) is 32.6 Å². The van der Waals surface area contributed by atoms with Crippen LogP contribution < -0.4 is 5.32 Å². The SMILES string of the molecule is CCOC(=O)Cc1csc(NC(=O)COC(=O)[C@H](CC)c2ccccc2)n1. The summed E-state index contributed by atoms with van der Waals surface area (Å²) in [5, 5.41) is 4.56. The first-order valence-corrected chi connectivity index (χ1v) is 9.52. The number of hydrogen-bond acceptors (Lipinski definition) is 7. The Labute approximate surface area is 161 Å². The van der Waals surface area contributed by atoms with Crippen LogP contribution in [0.2, 0.25) is 0 Å². The molecule has 1 N–H and O–H groups in total. The van der Waals surface area contributed by atoms with E-state index < -0.39 is 24.4 Å². The molecule has 144 valence electrons. The molecule has 1 atom stereocenters. The Hall–Kier alpha value is -2.74. The van der Waals surface area contributed by atoms with E-state index in [0.29, 0.717) is 23.9 Å². The predicted molar refractivity (Wildman–Crippen MR) is 102 cm³/mol. The summed E-state index contributed by atoms with van der Waals surface area (Å²) in [4.78, 5) is 39.8. The van der Waals surface area contributed by atoms with Gasteiger partial charge in [0.05, 0.1) is 24.6 Å². The fourth-order valence-electron chi connectivity index (χ4n) is 2.42. The van der Waals surface area contributed by atoms with Gasteiger partial charge < -0.3 is 9.47 Å². The van der Waals surface area contributed by atoms with Gasteiger partial charge in [0.2, 0.25) is 0 Å². The van der Waals surface area contributed by atoms with Crippen LogP contribution in [0.3, 0.4) is 0 Å². The van der Waals surface area contributed by atoms with Crippen LogP contribution in [0.15, 0.2) is 35.7 Å². The number of nitrogens with zero attached hydrogens (tertiary/aromatic N) is 1. The zero-order chi connectivity index (χ0) is 19.6. The van der Waals surface area contributed by atoms with Crippen molar-refractivity contribution in [2.24, 2.45) is 0 Å². The average molecular weight is 390 g/mol. The topological polar surface area (TPSA) is 94.6 Å². The summed E-state index contributed by atoms with van der Waals surface area (Å²) >= 11 is 1.19. The molecule has 0 bridgehead atoms. The first-order chi connectivity index (χ1) is 13.0. The number of anilines is 1. The third kappa shape index (κ3) is 6.49. The molecule has 0 fully saturated rings. The highest BCUT2D eigenvalue weighted by molar-refractivity contribution is 7.13. The summed E-state index contributed by atoms with van der Waals surface area (Å²) < 4.78 is 9.99. The Morgan fingerprint density at radius 3 is 2.56 bits per heavy atom. The molecule has 2 rings (SSSR count). The summed E-state index contributed by atoms with van der Waals surface area (Å²) in [5.74, 6) is -1.71. The molecule has 1 heterocycles. The van der Waals surface area contributed by atoms with Gasteiger partial charge in [-0.05, 0) is 18.9 Å². The molecule has 0 spiro atoms. The molecular formula is C19H22N2O5S. The Kier molecular flexibility index (Phi) is 7.94. The number of esters is 2. The van der Waals surface area contributed by atoms with E-state index in [1.54, 1.807) is 12.3 Å². The van der Waals surface area contributed by atoms with Crippen molar-refractivity contribution >= 4 is 34.3 Å². The molecule has 0 unspecified atom stereocenters. The molecule has 0 aliphatic carbocycles. The molecule has 8 heteroatoms. The van der Waals surface area contributed by atoms with Gasteiger partial charge in [-0.1, -0.05) is 37.3 Å². The predicted octanol–water partition coefficient (Wildman–Crippen LogP) is 2.92. The zero-order valence-corrected chi connectivity index (χ0v) is 16.1. The van der Waals surface area contributed by atoms with Gasteiger partial charge in [-0.3, -0.25) is 19.7 Å². The molecule has 7 nitrogen and oxygen atoms in total. The van der Waals surface area contributed by atoms with Crippen LogP contribution in [-0.4, -0.2) is 36.0 Å². The van der Waals surface area contributed by atoms with Crippen molar-refractivity contribution in [3.63, 3.8) is 0 Å². The van der Waals surface area contributed by atoms with Crippen LogP contribution in [0, 0.1) is 0 Å². The summed E-state index contributed by atoms with van der Waals surface area (Å²) in [7, 11) is 0. The maximum absolute atomic E-state index is 12.3. The summed E-state index contributed by atoms with van der Waals surface area (Å²) in [6.45, 7) is 3.53. The summed E-state index contributed by atoms with van der Waals surface area (Å²) in [6, 6.07) is 9.30. The van der Waals surface area contributed by atoms with Crippen molar-refractivity contribution in [3.8, 4) is 0 Å². The lowest BCUT2D eigenvalue weighted by Crippen LogP contribution is -2.23. The zero-order valence-electron chi connectivity index (χ0n) is 15.3. The van der Waals surface area contributed by atoms with Crippen LogP contribution in [0.25, 0.3) is 0 Å². The number of thiazole rings is 1. The summed E-state index contributed by atoms with van der Waals surface area (Å²) in [5.41, 5.74) is 1.37. The highest BCUT2D eigenvalue weighted by Crippen LogP contribution is 2.21. The Balaban J connectivity index is 1.83. The third-order valence-electron chi connectivity index (χ3n) is 3.67. The highest BCUT2D eigenvalue weighted by Gasteiger charge is 2.21. The Bertz CT molecular complexity index is 775. The van der Waals surface area contributed by atoms with Crippen molar-refractivity contribution < 1.29 is 23.9 Å². The lowest BCUT2D eigenvalue weighted by atomic mass is 9.97. The smallest absolute Gasteiger partial charge is 0.313 e. The molecular weight excluding hydrogens is 368 g/mol. The average Bonchev–Trinajstić information content (AvgIpc) is 3.08. The van der Waals surface area contributed by atoms with E-state index in [4.69, 9.17) is 9.47 Å². The molecule has 0 aliphatic rings. The van der Waals surface area contributed by atoms with Gasteiger partial charge in [-0.25, -0.2) is 4.98 Å². The Morgan fingerprint density at radius 2 is 1.89 bits per heavy atom. The van der Waals surface area contributed by atoms with Gasteiger partial charge in [0.25, 0.3) is 5.91 Å². The maximum Gasteiger partial charge on any atom is 0.313 e. The number of hydrogen-bond donors (Lipinski definition) is 1. The quantitative estimate of drug-likeness (QED) is 0.662. The minimum atomic E-state index is -0.483. The molecule has 1 amide bonds. The minimum Gasteiger partial charge on any atom is -0.466 e. The monoisotopic (exact) mass is 390 g/mol. The van der Waals surface area contributed by atoms with Gasteiger partial charge in [-0.15, -0.1) is 11.3 Å². The van der Waals surface area contributed by atoms with Crippen LogP contribution >= 0.6 is 11.3 Å². The van der Waals surface area contributed by atoms with Crippen molar-refractivity contribution in [2.75, 3.05) is 18.5 Å². The minimum absolute atomic E-state index is 0.0461. The number of carbonyl (C=O) groups is 3. The molecule has 27 heavy (non-hydrogen) atoms. The van der Waals surface area contributed by atoms with Crippen molar-refractivity contribution in [1.82, 2.24) is 4.98 Å². The molecule has 0 saturated heterocycles. The molecule has 1 aromatic carbocycles. The fourth-order valence-corrected chi connectivity index (χ4v) is 3.15. The van der Waals surface area contributed by atoms with E-state index in [1.807, 2.05) is 37.3 Å². The van der Waals surface area contributed by atoms with Gasteiger partial charge in [-0.2, -0.15) is 0 Å². The number of rotatable bonds is 9. The van der Waals surface area contributed by atoms with Crippen LogP contribution in [0.1, 0.15) is 37.4 Å². The number of ether oxygens (including phenoxy) is 2. The number of aromatic nitrogens is 1. The van der Waals surface area contributed by atoms with E-state index >= 15 is 0 Å².